The lowest BCUT2D eigenvalue weighted by molar-refractivity contribution is 0.443. The number of aryl methyl sites for hydroxylation is 2. The number of nitrogens with one attached hydrogen (secondary N) is 1. The van der Waals surface area contributed by atoms with E-state index in [-0.39, 0.29) is 0 Å². The zero-order chi connectivity index (χ0) is 15.7. The number of hydrogen-bond acceptors (Lipinski definition) is 2. The van der Waals surface area contributed by atoms with Gasteiger partial charge in [-0.2, -0.15) is 5.10 Å². The molecule has 0 aliphatic carbocycles. The van der Waals surface area contributed by atoms with Crippen LogP contribution in [0, 0.1) is 0 Å². The Bertz CT molecular complexity index is 401. The molecular weight excluding hydrogens is 326 g/mol. The van der Waals surface area contributed by atoms with Crippen LogP contribution in [0.3, 0.4) is 0 Å². The lowest BCUT2D eigenvalue weighted by Gasteiger charge is -2.19. The van der Waals surface area contributed by atoms with Crippen molar-refractivity contribution in [2.24, 2.45) is 7.05 Å². The summed E-state index contributed by atoms with van der Waals surface area (Å²) in [5.74, 6) is 0. The van der Waals surface area contributed by atoms with Crippen molar-refractivity contribution >= 4 is 15.9 Å². The average Bonchev–Trinajstić information content (AvgIpc) is 2.75. The van der Waals surface area contributed by atoms with Crippen LogP contribution in [0.5, 0.6) is 0 Å². The summed E-state index contributed by atoms with van der Waals surface area (Å²) in [6.45, 7) is 7.77. The first-order valence-corrected chi connectivity index (χ1v) is 9.36. The van der Waals surface area contributed by atoms with Crippen molar-refractivity contribution in [1.29, 1.82) is 0 Å². The number of halogens is 1. The summed E-state index contributed by atoms with van der Waals surface area (Å²) < 4.78 is 3.26. The second kappa shape index (κ2) is 10.4. The molecule has 1 aromatic rings. The highest BCUT2D eigenvalue weighted by molar-refractivity contribution is 9.10. The lowest BCUT2D eigenvalue weighted by atomic mass is 10.0. The Labute approximate surface area is 139 Å². The van der Waals surface area contributed by atoms with E-state index in [0.717, 1.165) is 19.4 Å². The highest BCUT2D eigenvalue weighted by atomic mass is 79.9. The quantitative estimate of drug-likeness (QED) is 0.585. The van der Waals surface area contributed by atoms with Crippen LogP contribution in [0.4, 0.5) is 0 Å². The molecule has 0 saturated heterocycles. The second-order valence-corrected chi connectivity index (χ2v) is 6.68. The van der Waals surface area contributed by atoms with Crippen molar-refractivity contribution in [2.45, 2.75) is 78.2 Å². The molecule has 0 bridgehead atoms. The Balaban J connectivity index is 2.64. The minimum absolute atomic E-state index is 0.568. The zero-order valence-corrected chi connectivity index (χ0v) is 15.8. The molecule has 1 heterocycles. The van der Waals surface area contributed by atoms with Gasteiger partial charge in [-0.3, -0.25) is 4.68 Å². The van der Waals surface area contributed by atoms with E-state index in [1.807, 2.05) is 0 Å². The first kappa shape index (κ1) is 18.7. The molecule has 3 nitrogen and oxygen atoms in total. The maximum absolute atomic E-state index is 4.61. The summed E-state index contributed by atoms with van der Waals surface area (Å²) in [6.07, 6.45) is 9.85. The van der Waals surface area contributed by atoms with Crippen LogP contribution in [0.2, 0.25) is 0 Å². The maximum Gasteiger partial charge on any atom is 0.0766 e. The first-order valence-electron chi connectivity index (χ1n) is 8.57. The smallest absolute Gasteiger partial charge is 0.0766 e. The van der Waals surface area contributed by atoms with Crippen LogP contribution in [-0.4, -0.2) is 22.4 Å². The molecule has 1 unspecified atom stereocenters. The van der Waals surface area contributed by atoms with E-state index in [1.165, 1.54) is 54.4 Å². The van der Waals surface area contributed by atoms with E-state index in [2.05, 4.69) is 58.8 Å². The summed E-state index contributed by atoms with van der Waals surface area (Å²) in [6, 6.07) is 0.568. The molecule has 1 N–H and O–H groups in total. The van der Waals surface area contributed by atoms with Gasteiger partial charge in [0, 0.05) is 19.5 Å². The number of hydrogen-bond donors (Lipinski definition) is 1. The number of unbranched alkanes of at least 4 members (excludes halogenated alkanes) is 3. The molecule has 1 rings (SSSR count). The monoisotopic (exact) mass is 357 g/mol. The number of aromatic nitrogens is 2. The van der Waals surface area contributed by atoms with Gasteiger partial charge >= 0.3 is 0 Å². The van der Waals surface area contributed by atoms with Gasteiger partial charge in [-0.25, -0.2) is 0 Å². The van der Waals surface area contributed by atoms with Gasteiger partial charge in [0.15, 0.2) is 0 Å². The normalized spacial score (nSPS) is 12.8. The maximum atomic E-state index is 4.61. The third kappa shape index (κ3) is 6.11. The van der Waals surface area contributed by atoms with Crippen LogP contribution < -0.4 is 5.32 Å². The van der Waals surface area contributed by atoms with E-state index < -0.39 is 0 Å². The van der Waals surface area contributed by atoms with Crippen LogP contribution >= 0.6 is 15.9 Å². The molecule has 1 atom stereocenters. The molecule has 122 valence electrons. The zero-order valence-electron chi connectivity index (χ0n) is 14.2. The highest BCUT2D eigenvalue weighted by Crippen LogP contribution is 2.23. The fourth-order valence-corrected chi connectivity index (χ4v) is 3.50. The topological polar surface area (TPSA) is 29.9 Å². The Morgan fingerprint density at radius 1 is 1.14 bits per heavy atom. The lowest BCUT2D eigenvalue weighted by Crippen LogP contribution is -2.32. The molecule has 1 aromatic heterocycles. The van der Waals surface area contributed by atoms with Crippen LogP contribution in [0.25, 0.3) is 0 Å². The van der Waals surface area contributed by atoms with Gasteiger partial charge in [0.1, 0.15) is 0 Å². The predicted octanol–water partition coefficient (Wildman–Crippen LogP) is 4.63. The van der Waals surface area contributed by atoms with Gasteiger partial charge < -0.3 is 5.32 Å². The number of nitrogens with zero attached hydrogens (tertiary/aromatic N) is 2. The molecule has 0 aliphatic rings. The van der Waals surface area contributed by atoms with E-state index in [0.29, 0.717) is 6.04 Å². The van der Waals surface area contributed by atoms with Gasteiger partial charge in [-0.15, -0.1) is 0 Å². The molecule has 0 amide bonds. The van der Waals surface area contributed by atoms with Gasteiger partial charge in [-0.1, -0.05) is 46.5 Å². The molecule has 4 heteroatoms. The molecule has 0 spiro atoms. The Kier molecular flexibility index (Phi) is 9.25. The summed E-state index contributed by atoms with van der Waals surface area (Å²) in [4.78, 5) is 0. The third-order valence-electron chi connectivity index (χ3n) is 4.03. The fourth-order valence-electron chi connectivity index (χ4n) is 2.72. The Morgan fingerprint density at radius 2 is 1.90 bits per heavy atom. The van der Waals surface area contributed by atoms with Crippen molar-refractivity contribution in [3.8, 4) is 0 Å². The van der Waals surface area contributed by atoms with Crippen molar-refractivity contribution in [3.05, 3.63) is 15.9 Å². The van der Waals surface area contributed by atoms with Crippen molar-refractivity contribution in [3.63, 3.8) is 0 Å². The molecule has 0 aliphatic heterocycles. The van der Waals surface area contributed by atoms with Gasteiger partial charge in [0.2, 0.25) is 0 Å². The van der Waals surface area contributed by atoms with Crippen LogP contribution in [-0.2, 0) is 19.9 Å². The summed E-state index contributed by atoms with van der Waals surface area (Å²) in [5, 5.41) is 8.33. The largest absolute Gasteiger partial charge is 0.314 e. The molecular formula is C17H32BrN3. The SMILES string of the molecule is CCCCCCC(Cc1c(Br)c(CC)nn1C)NCCC. The summed E-state index contributed by atoms with van der Waals surface area (Å²) >= 11 is 3.74. The van der Waals surface area contributed by atoms with Crippen LogP contribution in [0.1, 0.15) is 70.7 Å². The molecule has 0 aromatic carbocycles. The van der Waals surface area contributed by atoms with Gasteiger partial charge in [0.05, 0.1) is 15.9 Å². The van der Waals surface area contributed by atoms with E-state index in [4.69, 9.17) is 0 Å². The standard InChI is InChI=1S/C17H32BrN3/c1-5-8-9-10-11-14(19-12-6-2)13-16-17(18)15(7-3)20-21(16)4/h14,19H,5-13H2,1-4H3. The summed E-state index contributed by atoms with van der Waals surface area (Å²) in [7, 11) is 2.06. The van der Waals surface area contributed by atoms with E-state index in [9.17, 15) is 0 Å². The van der Waals surface area contributed by atoms with Gasteiger partial charge in [0.25, 0.3) is 0 Å². The van der Waals surface area contributed by atoms with Gasteiger partial charge in [-0.05, 0) is 41.7 Å². The van der Waals surface area contributed by atoms with Crippen molar-refractivity contribution < 1.29 is 0 Å². The molecule has 0 radical (unpaired) electrons. The van der Waals surface area contributed by atoms with E-state index in [1.54, 1.807) is 0 Å². The minimum Gasteiger partial charge on any atom is -0.314 e. The van der Waals surface area contributed by atoms with Crippen molar-refractivity contribution in [1.82, 2.24) is 15.1 Å². The first-order chi connectivity index (χ1) is 10.1. The fraction of sp³-hybridized carbons (Fsp3) is 0.824. The predicted molar refractivity (Wildman–Crippen MR) is 94.8 cm³/mol. The second-order valence-electron chi connectivity index (χ2n) is 5.89. The average molecular weight is 358 g/mol. The molecule has 0 saturated carbocycles. The Morgan fingerprint density at radius 3 is 2.48 bits per heavy atom. The highest BCUT2D eigenvalue weighted by Gasteiger charge is 2.17. The summed E-state index contributed by atoms with van der Waals surface area (Å²) in [5.41, 5.74) is 2.50. The van der Waals surface area contributed by atoms with Crippen LogP contribution in [0.15, 0.2) is 4.47 Å². The Hall–Kier alpha value is -0.350. The number of rotatable bonds is 11. The van der Waals surface area contributed by atoms with Crippen molar-refractivity contribution in [2.75, 3.05) is 6.54 Å². The van der Waals surface area contributed by atoms with E-state index >= 15 is 0 Å². The third-order valence-corrected chi connectivity index (χ3v) is 4.95. The molecule has 21 heavy (non-hydrogen) atoms. The minimum atomic E-state index is 0.568. The molecule has 0 fully saturated rings.